The highest BCUT2D eigenvalue weighted by Crippen LogP contribution is 2.39. The van der Waals surface area contributed by atoms with Crippen LogP contribution in [0.25, 0.3) is 43.1 Å². The summed E-state index contributed by atoms with van der Waals surface area (Å²) in [6.07, 6.45) is 7.25. The van der Waals surface area contributed by atoms with Gasteiger partial charge in [-0.1, -0.05) is 48.5 Å². The Morgan fingerprint density at radius 1 is 0.444 bits per heavy atom. The molecule has 0 aliphatic rings. The minimum absolute atomic E-state index is 0.287. The molecule has 3 heterocycles. The molecule has 7 rings (SSSR count). The van der Waals surface area contributed by atoms with Gasteiger partial charge in [-0.15, -0.1) is 11.3 Å². The first-order chi connectivity index (χ1) is 22.1. The molecule has 45 heavy (non-hydrogen) atoms. The van der Waals surface area contributed by atoms with E-state index in [0.717, 1.165) is 60.2 Å². The van der Waals surface area contributed by atoms with E-state index in [1.54, 1.807) is 23.5 Å². The zero-order chi connectivity index (χ0) is 30.6. The number of hydrogen-bond acceptors (Lipinski definition) is 5. The van der Waals surface area contributed by atoms with Crippen LogP contribution in [0.1, 0.15) is 10.4 Å². The number of aromatic nitrogens is 2. The van der Waals surface area contributed by atoms with Crippen molar-refractivity contribution >= 4 is 34.4 Å². The predicted molar refractivity (Wildman–Crippen MR) is 183 cm³/mol. The van der Waals surface area contributed by atoms with Crippen molar-refractivity contribution in [3.05, 3.63) is 164 Å². The van der Waals surface area contributed by atoms with Crippen molar-refractivity contribution in [2.45, 2.75) is 0 Å². The van der Waals surface area contributed by atoms with Gasteiger partial charge >= 0.3 is 5.97 Å². The number of pyridine rings is 2. The Morgan fingerprint density at radius 2 is 0.778 bits per heavy atom. The number of carboxylic acid groups (broad SMARTS) is 1. The topological polar surface area (TPSA) is 66.3 Å². The molecule has 0 atom stereocenters. The Bertz CT molecular complexity index is 1960. The van der Waals surface area contributed by atoms with Gasteiger partial charge in [0.05, 0.1) is 5.56 Å². The third-order valence-electron chi connectivity index (χ3n) is 7.71. The summed E-state index contributed by atoms with van der Waals surface area (Å²) in [5.74, 6) is -0.920. The van der Waals surface area contributed by atoms with E-state index < -0.39 is 5.97 Å². The number of carbonyl (C=O) groups is 1. The third-order valence-corrected chi connectivity index (χ3v) is 8.89. The average molecular weight is 602 g/mol. The molecule has 6 heteroatoms. The van der Waals surface area contributed by atoms with Crippen LogP contribution in [0.2, 0.25) is 0 Å². The number of thiophene rings is 1. The highest BCUT2D eigenvalue weighted by molar-refractivity contribution is 7.18. The van der Waals surface area contributed by atoms with Crippen molar-refractivity contribution in [2.75, 3.05) is 4.90 Å². The molecule has 216 valence electrons. The molecule has 0 amide bonds. The van der Waals surface area contributed by atoms with Gasteiger partial charge in [0.25, 0.3) is 0 Å². The second-order valence-corrected chi connectivity index (χ2v) is 11.6. The van der Waals surface area contributed by atoms with Crippen LogP contribution in [0.3, 0.4) is 0 Å². The number of nitrogens with zero attached hydrogens (tertiary/aromatic N) is 3. The molecule has 0 bridgehead atoms. The molecule has 0 saturated carbocycles. The maximum atomic E-state index is 11.2. The van der Waals surface area contributed by atoms with Gasteiger partial charge in [0, 0.05) is 51.6 Å². The highest BCUT2D eigenvalue weighted by atomic mass is 32.1. The number of anilines is 3. The molecular weight excluding hydrogens is 575 g/mol. The van der Waals surface area contributed by atoms with Crippen molar-refractivity contribution in [2.24, 2.45) is 0 Å². The van der Waals surface area contributed by atoms with E-state index in [1.165, 1.54) is 0 Å². The lowest BCUT2D eigenvalue weighted by Crippen LogP contribution is -2.09. The van der Waals surface area contributed by atoms with E-state index in [1.807, 2.05) is 61.2 Å². The number of aromatic carboxylic acids is 1. The molecular formula is C39H27N3O2S. The molecule has 0 spiro atoms. The summed E-state index contributed by atoms with van der Waals surface area (Å²) >= 11 is 1.69. The highest BCUT2D eigenvalue weighted by Gasteiger charge is 2.14. The Labute approximate surface area is 265 Å². The summed E-state index contributed by atoms with van der Waals surface area (Å²) in [6.45, 7) is 0. The van der Waals surface area contributed by atoms with Crippen LogP contribution in [0.15, 0.2) is 158 Å². The van der Waals surface area contributed by atoms with Gasteiger partial charge in [0.15, 0.2) is 0 Å². The fraction of sp³-hybridized carbons (Fsp3) is 0. The number of hydrogen-bond donors (Lipinski definition) is 1. The van der Waals surface area contributed by atoms with Gasteiger partial charge < -0.3 is 10.0 Å². The summed E-state index contributed by atoms with van der Waals surface area (Å²) < 4.78 is 0. The molecule has 0 fully saturated rings. The smallest absolute Gasteiger partial charge is 0.335 e. The summed E-state index contributed by atoms with van der Waals surface area (Å²) in [7, 11) is 0. The summed E-state index contributed by atoms with van der Waals surface area (Å²) in [4.78, 5) is 24.0. The lowest BCUT2D eigenvalue weighted by Gasteiger charge is -2.26. The van der Waals surface area contributed by atoms with Gasteiger partial charge in [0.1, 0.15) is 0 Å². The first-order valence-electron chi connectivity index (χ1n) is 14.5. The van der Waals surface area contributed by atoms with Gasteiger partial charge in [-0.2, -0.15) is 0 Å². The molecule has 0 saturated heterocycles. The van der Waals surface area contributed by atoms with Crippen LogP contribution in [0.4, 0.5) is 17.1 Å². The Morgan fingerprint density at radius 3 is 1.16 bits per heavy atom. The lowest BCUT2D eigenvalue weighted by molar-refractivity contribution is 0.0697. The summed E-state index contributed by atoms with van der Waals surface area (Å²) in [6, 6.07) is 45.1. The molecule has 0 aliphatic heterocycles. The Hall–Kier alpha value is -5.85. The number of benzene rings is 4. The largest absolute Gasteiger partial charge is 0.478 e. The molecule has 1 N–H and O–H groups in total. The molecule has 7 aromatic rings. The van der Waals surface area contributed by atoms with Gasteiger partial charge in [-0.05, 0) is 118 Å². The SMILES string of the molecule is O=C(O)c1ccc(-c2ccc(-c3ccc(N(c4ccc(-c5ccncc5)cc4)c4ccc(-c5ccncc5)cc4)cc3)s2)cc1. The monoisotopic (exact) mass is 601 g/mol. The van der Waals surface area contributed by atoms with Crippen LogP contribution in [-0.2, 0) is 0 Å². The van der Waals surface area contributed by atoms with Crippen molar-refractivity contribution in [1.29, 1.82) is 0 Å². The van der Waals surface area contributed by atoms with Crippen LogP contribution < -0.4 is 4.90 Å². The molecule has 5 nitrogen and oxygen atoms in total. The molecule has 4 aromatic carbocycles. The standard InChI is InChI=1S/C39H27N3O2S/c43-39(44)33-3-1-31(2-4-33)37-17-18-38(45-37)32-9-15-36(16-10-32)42(34-11-5-27(6-12-34)29-19-23-40-24-20-29)35-13-7-28(8-14-35)30-21-25-41-26-22-30/h1-26H,(H,43,44). The Kier molecular flexibility index (Phi) is 7.71. The summed E-state index contributed by atoms with van der Waals surface area (Å²) in [5, 5.41) is 9.22. The second kappa shape index (κ2) is 12.4. The fourth-order valence-corrected chi connectivity index (χ4v) is 6.36. The molecule has 0 radical (unpaired) electrons. The first kappa shape index (κ1) is 28.0. The minimum atomic E-state index is -0.920. The third kappa shape index (κ3) is 6.00. The minimum Gasteiger partial charge on any atom is -0.478 e. The van der Waals surface area contributed by atoms with Gasteiger partial charge in [-0.25, -0.2) is 4.79 Å². The predicted octanol–water partition coefficient (Wildman–Crippen LogP) is 10.4. The zero-order valence-electron chi connectivity index (χ0n) is 24.1. The van der Waals surface area contributed by atoms with Crippen LogP contribution in [0, 0.1) is 0 Å². The van der Waals surface area contributed by atoms with Crippen molar-refractivity contribution < 1.29 is 9.90 Å². The zero-order valence-corrected chi connectivity index (χ0v) is 24.9. The van der Waals surface area contributed by atoms with Gasteiger partial charge in [-0.3, -0.25) is 9.97 Å². The maximum Gasteiger partial charge on any atom is 0.335 e. The fourth-order valence-electron chi connectivity index (χ4n) is 5.34. The van der Waals surface area contributed by atoms with Crippen molar-refractivity contribution in [1.82, 2.24) is 9.97 Å². The van der Waals surface area contributed by atoms with E-state index in [9.17, 15) is 9.90 Å². The quantitative estimate of drug-likeness (QED) is 0.188. The number of rotatable bonds is 8. The normalized spacial score (nSPS) is 10.8. The lowest BCUT2D eigenvalue weighted by atomic mass is 10.0. The molecule has 0 aliphatic carbocycles. The van der Waals surface area contributed by atoms with E-state index >= 15 is 0 Å². The van der Waals surface area contributed by atoms with E-state index in [-0.39, 0.29) is 5.56 Å². The molecule has 3 aromatic heterocycles. The van der Waals surface area contributed by atoms with E-state index in [2.05, 4.69) is 99.8 Å². The van der Waals surface area contributed by atoms with Crippen molar-refractivity contribution in [3.63, 3.8) is 0 Å². The van der Waals surface area contributed by atoms with Crippen LogP contribution in [-0.4, -0.2) is 21.0 Å². The van der Waals surface area contributed by atoms with Crippen molar-refractivity contribution in [3.8, 4) is 43.1 Å². The van der Waals surface area contributed by atoms with Gasteiger partial charge in [0.2, 0.25) is 0 Å². The summed E-state index contributed by atoms with van der Waals surface area (Å²) in [5.41, 5.74) is 10.1. The average Bonchev–Trinajstić information content (AvgIpc) is 3.61. The maximum absolute atomic E-state index is 11.2. The van der Waals surface area contributed by atoms with Crippen LogP contribution in [0.5, 0.6) is 0 Å². The van der Waals surface area contributed by atoms with Crippen LogP contribution >= 0.6 is 11.3 Å². The number of carboxylic acids is 1. The first-order valence-corrected chi connectivity index (χ1v) is 15.3. The van der Waals surface area contributed by atoms with E-state index in [0.29, 0.717) is 0 Å². The molecule has 0 unspecified atom stereocenters. The van der Waals surface area contributed by atoms with E-state index in [4.69, 9.17) is 0 Å². The Balaban J connectivity index is 1.21. The second-order valence-electron chi connectivity index (χ2n) is 10.5.